The molecule has 0 saturated heterocycles. The van der Waals surface area contributed by atoms with Crippen molar-refractivity contribution >= 4 is 33.4 Å². The van der Waals surface area contributed by atoms with Crippen LogP contribution in [0.1, 0.15) is 17.0 Å². The molecule has 0 amide bonds. The first-order valence-corrected chi connectivity index (χ1v) is 7.87. The fourth-order valence-corrected chi connectivity index (χ4v) is 3.97. The van der Waals surface area contributed by atoms with E-state index in [2.05, 4.69) is 11.4 Å². The number of nitrogens with two attached hydrogens (primary N) is 2. The number of rotatable bonds is 3. The van der Waals surface area contributed by atoms with Gasteiger partial charge in [0.15, 0.2) is 0 Å². The maximum absolute atomic E-state index is 11.7. The van der Waals surface area contributed by atoms with Crippen molar-refractivity contribution in [1.82, 2.24) is 5.32 Å². The van der Waals surface area contributed by atoms with Crippen LogP contribution in [0.3, 0.4) is 0 Å². The van der Waals surface area contributed by atoms with Crippen LogP contribution in [0.4, 0.5) is 0 Å². The average molecular weight is 356 g/mol. The molecule has 8 nitrogen and oxygen atoms in total. The minimum absolute atomic E-state index is 0.212. The van der Waals surface area contributed by atoms with Crippen molar-refractivity contribution in [1.29, 1.82) is 5.26 Å². The number of dihydropyridines is 1. The molecule has 0 radical (unpaired) electrons. The Bertz CT molecular complexity index is 992. The average Bonchev–Trinajstić information content (AvgIpc) is 2.96. The summed E-state index contributed by atoms with van der Waals surface area (Å²) in [6.45, 7) is 0. The topological polar surface area (TPSA) is 162 Å². The molecule has 1 aliphatic rings. The van der Waals surface area contributed by atoms with Gasteiger partial charge in [-0.25, -0.2) is 9.59 Å². The molecule has 2 heterocycles. The fourth-order valence-electron chi connectivity index (χ4n) is 2.91. The van der Waals surface area contributed by atoms with E-state index in [1.807, 2.05) is 0 Å². The van der Waals surface area contributed by atoms with E-state index < -0.39 is 17.9 Å². The highest BCUT2D eigenvalue weighted by atomic mass is 32.1. The maximum atomic E-state index is 11.7. The number of nitriles is 1. The number of nitrogens with zero attached hydrogens (tertiary/aromatic N) is 1. The summed E-state index contributed by atoms with van der Waals surface area (Å²) < 4.78 is 0.644. The Labute approximate surface area is 145 Å². The summed E-state index contributed by atoms with van der Waals surface area (Å²) >= 11 is 1.23. The second-order valence-electron chi connectivity index (χ2n) is 5.31. The number of benzene rings is 1. The second kappa shape index (κ2) is 5.85. The molecule has 126 valence electrons. The number of aliphatic carboxylic acids is 2. The van der Waals surface area contributed by atoms with Crippen LogP contribution in [0.25, 0.3) is 10.1 Å². The summed E-state index contributed by atoms with van der Waals surface area (Å²) in [7, 11) is 0. The minimum atomic E-state index is -1.35. The molecule has 3 rings (SSSR count). The molecule has 1 aromatic carbocycles. The first kappa shape index (κ1) is 16.4. The molecule has 0 unspecified atom stereocenters. The Balaban J connectivity index is 2.34. The Kier molecular flexibility index (Phi) is 3.82. The Morgan fingerprint density at radius 3 is 2.28 bits per heavy atom. The summed E-state index contributed by atoms with van der Waals surface area (Å²) in [4.78, 5) is 23.4. The molecular weight excluding hydrogens is 344 g/mol. The van der Waals surface area contributed by atoms with Crippen LogP contribution in [0.2, 0.25) is 0 Å². The molecule has 9 heteroatoms. The molecule has 0 fully saturated rings. The standard InChI is InChI=1S/C16H12N4O4S/c17-4-6-2-1-3-7-8(5-25-12(6)7)9-10(15(21)22)13(18)20-14(19)11(9)16(23)24/h1-3,5,9,20H,18-19H2,(H,21,22)(H,23,24). The number of nitrogens with one attached hydrogen (secondary N) is 1. The Morgan fingerprint density at radius 1 is 1.16 bits per heavy atom. The van der Waals surface area contributed by atoms with Gasteiger partial charge in [-0.2, -0.15) is 5.26 Å². The van der Waals surface area contributed by atoms with Gasteiger partial charge in [0.2, 0.25) is 0 Å². The van der Waals surface area contributed by atoms with Crippen molar-refractivity contribution in [2.75, 3.05) is 0 Å². The van der Waals surface area contributed by atoms with Crippen LogP contribution in [0.5, 0.6) is 0 Å². The van der Waals surface area contributed by atoms with Crippen molar-refractivity contribution in [3.63, 3.8) is 0 Å². The van der Waals surface area contributed by atoms with Crippen molar-refractivity contribution in [3.05, 3.63) is 57.5 Å². The van der Waals surface area contributed by atoms with E-state index in [4.69, 9.17) is 11.5 Å². The van der Waals surface area contributed by atoms with Crippen molar-refractivity contribution in [2.24, 2.45) is 11.5 Å². The maximum Gasteiger partial charge on any atom is 0.336 e. The van der Waals surface area contributed by atoms with E-state index in [9.17, 15) is 25.1 Å². The molecule has 1 aromatic heterocycles. The molecule has 0 aliphatic carbocycles. The number of hydrogen-bond donors (Lipinski definition) is 5. The molecule has 1 aliphatic heterocycles. The lowest BCUT2D eigenvalue weighted by atomic mass is 9.82. The molecule has 0 atom stereocenters. The van der Waals surface area contributed by atoms with Gasteiger partial charge in [-0.1, -0.05) is 12.1 Å². The van der Waals surface area contributed by atoms with E-state index in [0.717, 1.165) is 0 Å². The van der Waals surface area contributed by atoms with Crippen LogP contribution in [0.15, 0.2) is 46.4 Å². The predicted molar refractivity (Wildman–Crippen MR) is 90.1 cm³/mol. The molecule has 2 aromatic rings. The molecular formula is C16H12N4O4S. The SMILES string of the molecule is N#Cc1cccc2c(C3C(C(=O)O)=C(N)NC(N)=C3C(=O)O)csc12. The van der Waals surface area contributed by atoms with Gasteiger partial charge < -0.3 is 27.0 Å². The number of carboxylic acids is 2. The zero-order chi connectivity index (χ0) is 18.3. The molecule has 0 spiro atoms. The third-order valence-electron chi connectivity index (χ3n) is 3.95. The fraction of sp³-hybridized carbons (Fsp3) is 0.0625. The highest BCUT2D eigenvalue weighted by Gasteiger charge is 2.39. The van der Waals surface area contributed by atoms with Crippen molar-refractivity contribution in [2.45, 2.75) is 5.92 Å². The summed E-state index contributed by atoms with van der Waals surface area (Å²) in [5.74, 6) is -4.28. The van der Waals surface area contributed by atoms with E-state index >= 15 is 0 Å². The van der Waals surface area contributed by atoms with Crippen LogP contribution in [-0.4, -0.2) is 22.2 Å². The van der Waals surface area contributed by atoms with E-state index in [0.29, 0.717) is 21.2 Å². The number of thiophene rings is 1. The van der Waals surface area contributed by atoms with E-state index in [-0.39, 0.29) is 22.8 Å². The molecule has 7 N–H and O–H groups in total. The quantitative estimate of drug-likeness (QED) is 0.543. The van der Waals surface area contributed by atoms with E-state index in [1.165, 1.54) is 11.3 Å². The van der Waals surface area contributed by atoms with Crippen LogP contribution < -0.4 is 16.8 Å². The molecule has 0 bridgehead atoms. The van der Waals surface area contributed by atoms with E-state index in [1.54, 1.807) is 23.6 Å². The smallest absolute Gasteiger partial charge is 0.336 e. The van der Waals surface area contributed by atoms with Gasteiger partial charge in [0.05, 0.1) is 27.3 Å². The first-order valence-electron chi connectivity index (χ1n) is 6.99. The van der Waals surface area contributed by atoms with Gasteiger partial charge >= 0.3 is 11.9 Å². The lowest BCUT2D eigenvalue weighted by Crippen LogP contribution is -2.38. The number of fused-ring (bicyclic) bond motifs is 1. The van der Waals surface area contributed by atoms with Crippen molar-refractivity contribution in [3.8, 4) is 6.07 Å². The zero-order valence-electron chi connectivity index (χ0n) is 12.6. The van der Waals surface area contributed by atoms with Gasteiger partial charge in [-0.05, 0) is 22.4 Å². The number of carbonyl (C=O) groups is 2. The minimum Gasteiger partial charge on any atom is -0.478 e. The number of carboxylic acid groups (broad SMARTS) is 2. The lowest BCUT2D eigenvalue weighted by Gasteiger charge is -2.27. The third kappa shape index (κ3) is 2.45. The van der Waals surface area contributed by atoms with Gasteiger partial charge in [-0.15, -0.1) is 11.3 Å². The first-order chi connectivity index (χ1) is 11.9. The van der Waals surface area contributed by atoms with Gasteiger partial charge in [-0.3, -0.25) is 0 Å². The third-order valence-corrected chi connectivity index (χ3v) is 5.00. The monoisotopic (exact) mass is 356 g/mol. The Morgan fingerprint density at radius 2 is 1.76 bits per heavy atom. The summed E-state index contributed by atoms with van der Waals surface area (Å²) in [5.41, 5.74) is 11.8. The second-order valence-corrected chi connectivity index (χ2v) is 6.19. The van der Waals surface area contributed by atoms with Gasteiger partial charge in [0.1, 0.15) is 17.7 Å². The van der Waals surface area contributed by atoms with Crippen molar-refractivity contribution < 1.29 is 19.8 Å². The van der Waals surface area contributed by atoms with Crippen LogP contribution in [0, 0.1) is 11.3 Å². The van der Waals surface area contributed by atoms with Crippen LogP contribution >= 0.6 is 11.3 Å². The zero-order valence-corrected chi connectivity index (χ0v) is 13.4. The summed E-state index contributed by atoms with van der Waals surface area (Å²) in [5, 5.41) is 33.0. The molecule has 25 heavy (non-hydrogen) atoms. The Hall–Kier alpha value is -3.51. The summed E-state index contributed by atoms with van der Waals surface area (Å²) in [6.07, 6.45) is 0. The summed E-state index contributed by atoms with van der Waals surface area (Å²) in [6, 6.07) is 7.05. The number of hydrogen-bond acceptors (Lipinski definition) is 7. The lowest BCUT2D eigenvalue weighted by molar-refractivity contribution is -0.133. The highest BCUT2D eigenvalue weighted by molar-refractivity contribution is 7.17. The van der Waals surface area contributed by atoms with Gasteiger partial charge in [0, 0.05) is 0 Å². The largest absolute Gasteiger partial charge is 0.478 e. The molecule has 0 saturated carbocycles. The predicted octanol–water partition coefficient (Wildman–Crippen LogP) is 0.970. The van der Waals surface area contributed by atoms with Gasteiger partial charge in [0.25, 0.3) is 0 Å². The normalized spacial score (nSPS) is 15.2. The van der Waals surface area contributed by atoms with Crippen LogP contribution in [-0.2, 0) is 9.59 Å². The highest BCUT2D eigenvalue weighted by Crippen LogP contribution is 2.42.